The number of aliphatic hydroxyl groups excluding tert-OH is 1. The Morgan fingerprint density at radius 3 is 2.43 bits per heavy atom. The molecule has 3 rings (SSSR count). The minimum atomic E-state index is -0.386. The lowest BCUT2D eigenvalue weighted by Crippen LogP contribution is -2.35. The maximum atomic E-state index is 10.6. The van der Waals surface area contributed by atoms with E-state index in [1.54, 1.807) is 0 Å². The lowest BCUT2D eigenvalue weighted by Gasteiger charge is -2.36. The molecular formula is C19H19BrN2O. The number of nitriles is 1. The van der Waals surface area contributed by atoms with Crippen molar-refractivity contribution in [1.82, 2.24) is 0 Å². The number of piperidine rings is 1. The maximum Gasteiger partial charge on any atom is 0.0992 e. The Labute approximate surface area is 145 Å². The molecule has 1 saturated heterocycles. The molecule has 0 aromatic heterocycles. The molecule has 3 nitrogen and oxygen atoms in total. The van der Waals surface area contributed by atoms with Gasteiger partial charge in [0.1, 0.15) is 0 Å². The topological polar surface area (TPSA) is 47.3 Å². The van der Waals surface area contributed by atoms with Gasteiger partial charge in [0.2, 0.25) is 0 Å². The zero-order valence-corrected chi connectivity index (χ0v) is 14.4. The van der Waals surface area contributed by atoms with E-state index in [1.807, 2.05) is 48.5 Å². The third-order valence-corrected chi connectivity index (χ3v) is 5.18. The van der Waals surface area contributed by atoms with E-state index in [-0.39, 0.29) is 6.10 Å². The van der Waals surface area contributed by atoms with Gasteiger partial charge in [-0.05, 0) is 58.5 Å². The molecule has 2 aromatic carbocycles. The molecule has 23 heavy (non-hydrogen) atoms. The summed E-state index contributed by atoms with van der Waals surface area (Å²) in [7, 11) is 0. The van der Waals surface area contributed by atoms with Gasteiger partial charge in [0, 0.05) is 17.6 Å². The molecule has 0 amide bonds. The van der Waals surface area contributed by atoms with Gasteiger partial charge >= 0.3 is 0 Å². The molecule has 118 valence electrons. The van der Waals surface area contributed by atoms with Gasteiger partial charge in [-0.3, -0.25) is 0 Å². The predicted molar refractivity (Wildman–Crippen MR) is 95.2 cm³/mol. The van der Waals surface area contributed by atoms with Gasteiger partial charge < -0.3 is 10.0 Å². The minimum Gasteiger partial charge on any atom is -0.388 e. The molecule has 0 aliphatic carbocycles. The normalized spacial score (nSPS) is 16.8. The molecule has 1 atom stereocenters. The smallest absolute Gasteiger partial charge is 0.0992 e. The largest absolute Gasteiger partial charge is 0.388 e. The highest BCUT2D eigenvalue weighted by molar-refractivity contribution is 9.10. The molecule has 0 saturated carbocycles. The third kappa shape index (κ3) is 3.57. The van der Waals surface area contributed by atoms with Crippen LogP contribution in [0.15, 0.2) is 53.0 Å². The van der Waals surface area contributed by atoms with E-state index in [0.717, 1.165) is 41.7 Å². The summed E-state index contributed by atoms with van der Waals surface area (Å²) in [5.41, 5.74) is 2.79. The highest BCUT2D eigenvalue weighted by atomic mass is 79.9. The van der Waals surface area contributed by atoms with Gasteiger partial charge in [-0.25, -0.2) is 0 Å². The van der Waals surface area contributed by atoms with Crippen LogP contribution < -0.4 is 4.90 Å². The highest BCUT2D eigenvalue weighted by Gasteiger charge is 2.26. The first kappa shape index (κ1) is 16.0. The second kappa shape index (κ2) is 7.16. The molecule has 0 radical (unpaired) electrons. The van der Waals surface area contributed by atoms with Crippen molar-refractivity contribution in [2.75, 3.05) is 18.0 Å². The van der Waals surface area contributed by atoms with E-state index < -0.39 is 0 Å². The van der Waals surface area contributed by atoms with Crippen molar-refractivity contribution in [2.24, 2.45) is 5.92 Å². The van der Waals surface area contributed by atoms with Gasteiger partial charge in [0.05, 0.1) is 23.4 Å². The average molecular weight is 371 g/mol. The van der Waals surface area contributed by atoms with E-state index in [1.165, 1.54) is 0 Å². The number of halogens is 1. The second-order valence-electron chi connectivity index (χ2n) is 5.96. The number of aliphatic hydroxyl groups is 1. The van der Waals surface area contributed by atoms with Crippen LogP contribution >= 0.6 is 15.9 Å². The molecule has 1 N–H and O–H groups in total. The second-order valence-corrected chi connectivity index (χ2v) is 6.81. The third-order valence-electron chi connectivity index (χ3n) is 4.54. The summed E-state index contributed by atoms with van der Waals surface area (Å²) in [6, 6.07) is 17.8. The Balaban J connectivity index is 1.66. The summed E-state index contributed by atoms with van der Waals surface area (Å²) in [6.45, 7) is 1.83. The van der Waals surface area contributed by atoms with Gasteiger partial charge in [-0.15, -0.1) is 0 Å². The van der Waals surface area contributed by atoms with Gasteiger partial charge in [-0.2, -0.15) is 5.26 Å². The Kier molecular flexibility index (Phi) is 5.00. The Morgan fingerprint density at radius 2 is 1.83 bits per heavy atom. The fraction of sp³-hybridized carbons (Fsp3) is 0.316. The fourth-order valence-corrected chi connectivity index (χ4v) is 3.84. The van der Waals surface area contributed by atoms with Crippen LogP contribution in [0, 0.1) is 17.2 Å². The van der Waals surface area contributed by atoms with E-state index in [4.69, 9.17) is 5.26 Å². The average Bonchev–Trinajstić information content (AvgIpc) is 2.62. The standard InChI is InChI=1S/C19H19BrN2O/c20-17-12-14(13-21)6-7-18(17)22-10-8-16(9-11-22)19(23)15-4-2-1-3-5-15/h1-7,12,16,19,23H,8-11H2. The molecular weight excluding hydrogens is 352 g/mol. The first-order chi connectivity index (χ1) is 11.2. The first-order valence-corrected chi connectivity index (χ1v) is 8.66. The quantitative estimate of drug-likeness (QED) is 0.877. The number of hydrogen-bond acceptors (Lipinski definition) is 3. The molecule has 2 aromatic rings. The number of benzene rings is 2. The van der Waals surface area contributed by atoms with E-state index in [0.29, 0.717) is 11.5 Å². The molecule has 4 heteroatoms. The summed E-state index contributed by atoms with van der Waals surface area (Å²) < 4.78 is 0.957. The van der Waals surface area contributed by atoms with Gasteiger partial charge in [0.15, 0.2) is 0 Å². The predicted octanol–water partition coefficient (Wildman–Crippen LogP) is 4.27. The zero-order valence-electron chi connectivity index (χ0n) is 12.8. The minimum absolute atomic E-state index is 0.297. The molecule has 0 bridgehead atoms. The Morgan fingerprint density at radius 1 is 1.13 bits per heavy atom. The lowest BCUT2D eigenvalue weighted by atomic mass is 9.87. The van der Waals surface area contributed by atoms with E-state index in [2.05, 4.69) is 26.9 Å². The number of nitrogens with zero attached hydrogens (tertiary/aromatic N) is 2. The molecule has 1 fully saturated rings. The summed E-state index contributed by atoms with van der Waals surface area (Å²) in [4.78, 5) is 2.32. The van der Waals surface area contributed by atoms with Crippen molar-refractivity contribution in [1.29, 1.82) is 5.26 Å². The van der Waals surface area contributed by atoms with Crippen LogP contribution in [0.1, 0.15) is 30.1 Å². The SMILES string of the molecule is N#Cc1ccc(N2CCC(C(O)c3ccccc3)CC2)c(Br)c1. The van der Waals surface area contributed by atoms with Crippen LogP contribution in [-0.4, -0.2) is 18.2 Å². The van der Waals surface area contributed by atoms with Crippen molar-refractivity contribution in [3.63, 3.8) is 0 Å². The summed E-state index contributed by atoms with van der Waals surface area (Å²) in [5, 5.41) is 19.5. The fourth-order valence-electron chi connectivity index (χ4n) is 3.21. The Hall–Kier alpha value is -1.83. The number of anilines is 1. The highest BCUT2D eigenvalue weighted by Crippen LogP contribution is 2.35. The number of rotatable bonds is 3. The van der Waals surface area contributed by atoms with Crippen molar-refractivity contribution >= 4 is 21.6 Å². The Bertz CT molecular complexity index is 703. The van der Waals surface area contributed by atoms with E-state index >= 15 is 0 Å². The summed E-state index contributed by atoms with van der Waals surface area (Å²) in [5.74, 6) is 0.297. The van der Waals surface area contributed by atoms with Gasteiger partial charge in [-0.1, -0.05) is 30.3 Å². The van der Waals surface area contributed by atoms with Crippen LogP contribution in [-0.2, 0) is 0 Å². The summed E-state index contributed by atoms with van der Waals surface area (Å²) in [6.07, 6.45) is 1.54. The van der Waals surface area contributed by atoms with Crippen LogP contribution in [0.3, 0.4) is 0 Å². The summed E-state index contributed by atoms with van der Waals surface area (Å²) >= 11 is 3.56. The van der Waals surface area contributed by atoms with Crippen LogP contribution in [0.5, 0.6) is 0 Å². The molecule has 1 unspecified atom stereocenters. The lowest BCUT2D eigenvalue weighted by molar-refractivity contribution is 0.0929. The van der Waals surface area contributed by atoms with Crippen molar-refractivity contribution < 1.29 is 5.11 Å². The monoisotopic (exact) mass is 370 g/mol. The van der Waals surface area contributed by atoms with Crippen molar-refractivity contribution in [3.05, 3.63) is 64.1 Å². The number of hydrogen-bond donors (Lipinski definition) is 1. The van der Waals surface area contributed by atoms with Crippen LogP contribution in [0.2, 0.25) is 0 Å². The maximum absolute atomic E-state index is 10.6. The zero-order chi connectivity index (χ0) is 16.2. The van der Waals surface area contributed by atoms with Crippen molar-refractivity contribution in [2.45, 2.75) is 18.9 Å². The van der Waals surface area contributed by atoms with Crippen LogP contribution in [0.4, 0.5) is 5.69 Å². The first-order valence-electron chi connectivity index (χ1n) is 7.86. The van der Waals surface area contributed by atoms with E-state index in [9.17, 15) is 5.11 Å². The van der Waals surface area contributed by atoms with Gasteiger partial charge in [0.25, 0.3) is 0 Å². The molecule has 1 aliphatic heterocycles. The molecule has 1 heterocycles. The van der Waals surface area contributed by atoms with Crippen molar-refractivity contribution in [3.8, 4) is 6.07 Å². The molecule has 0 spiro atoms. The van der Waals surface area contributed by atoms with Crippen LogP contribution in [0.25, 0.3) is 0 Å². The molecule has 1 aliphatic rings.